The summed E-state index contributed by atoms with van der Waals surface area (Å²) in [5.41, 5.74) is 1.01. The molecule has 1 fully saturated rings. The highest BCUT2D eigenvalue weighted by Gasteiger charge is 2.26. The van der Waals surface area contributed by atoms with E-state index in [0.717, 1.165) is 0 Å². The molecule has 3 heterocycles. The molecule has 110 valence electrons. The van der Waals surface area contributed by atoms with E-state index in [9.17, 15) is 14.4 Å². The maximum absolute atomic E-state index is 12.6. The molecule has 0 bridgehead atoms. The highest BCUT2D eigenvalue weighted by molar-refractivity contribution is 6.06. The molecule has 1 saturated heterocycles. The molecule has 8 heteroatoms. The number of carbonyl (C=O) groups is 2. The van der Waals surface area contributed by atoms with Gasteiger partial charge in [-0.05, 0) is 13.0 Å². The van der Waals surface area contributed by atoms with Crippen molar-refractivity contribution in [3.05, 3.63) is 27.7 Å². The van der Waals surface area contributed by atoms with Gasteiger partial charge in [0, 0.05) is 25.8 Å². The Morgan fingerprint density at radius 3 is 2.86 bits per heavy atom. The maximum Gasteiger partial charge on any atom is 0.274 e. The van der Waals surface area contributed by atoms with Crippen LogP contribution in [-0.2, 0) is 11.8 Å². The molecule has 8 nitrogen and oxygen atoms in total. The van der Waals surface area contributed by atoms with Crippen LogP contribution in [0, 0.1) is 6.92 Å². The highest BCUT2D eigenvalue weighted by Crippen LogP contribution is 2.17. The third kappa shape index (κ3) is 2.18. The zero-order valence-electron chi connectivity index (χ0n) is 11.8. The van der Waals surface area contributed by atoms with E-state index in [0.29, 0.717) is 24.4 Å². The number of aryl methyl sites for hydroxylation is 2. The summed E-state index contributed by atoms with van der Waals surface area (Å²) in [5, 5.41) is 5.53. The van der Waals surface area contributed by atoms with Crippen LogP contribution < -0.4 is 10.9 Å². The van der Waals surface area contributed by atoms with Crippen LogP contribution in [0.4, 0.5) is 0 Å². The molecule has 1 aliphatic rings. The molecule has 0 radical (unpaired) electrons. The van der Waals surface area contributed by atoms with Gasteiger partial charge >= 0.3 is 0 Å². The summed E-state index contributed by atoms with van der Waals surface area (Å²) >= 11 is 0. The van der Waals surface area contributed by atoms with Gasteiger partial charge in [-0.25, -0.2) is 4.98 Å². The lowest BCUT2D eigenvalue weighted by Gasteiger charge is -2.26. The lowest BCUT2D eigenvalue weighted by atomic mass is 10.1. The Balaban J connectivity index is 2.13. The number of fused-ring (bicyclic) bond motifs is 1. The molecule has 0 atom stereocenters. The van der Waals surface area contributed by atoms with E-state index in [1.165, 1.54) is 9.58 Å². The minimum atomic E-state index is -0.357. The average molecular weight is 289 g/mol. The van der Waals surface area contributed by atoms with Gasteiger partial charge in [0.05, 0.1) is 17.5 Å². The third-order valence-corrected chi connectivity index (χ3v) is 3.50. The van der Waals surface area contributed by atoms with Crippen LogP contribution in [0.2, 0.25) is 0 Å². The maximum atomic E-state index is 12.6. The topological polar surface area (TPSA) is 100 Å². The van der Waals surface area contributed by atoms with Crippen LogP contribution in [0.25, 0.3) is 11.0 Å². The average Bonchev–Trinajstić information content (AvgIpc) is 2.72. The number of pyridine rings is 1. The number of hydrogen-bond acceptors (Lipinski definition) is 4. The summed E-state index contributed by atoms with van der Waals surface area (Å²) in [5.74, 6) is -0.518. The molecule has 3 rings (SSSR count). The Morgan fingerprint density at radius 2 is 2.14 bits per heavy atom. The number of nitrogens with one attached hydrogen (secondary N) is 2. The molecular formula is C13H15N5O3. The van der Waals surface area contributed by atoms with Crippen molar-refractivity contribution in [1.29, 1.82) is 0 Å². The van der Waals surface area contributed by atoms with Crippen molar-refractivity contribution >= 4 is 22.8 Å². The fourth-order valence-corrected chi connectivity index (χ4v) is 2.54. The summed E-state index contributed by atoms with van der Waals surface area (Å²) in [6.45, 7) is 2.62. The summed E-state index contributed by atoms with van der Waals surface area (Å²) < 4.78 is 1.49. The van der Waals surface area contributed by atoms with Gasteiger partial charge in [0.2, 0.25) is 5.91 Å². The lowest BCUT2D eigenvalue weighted by molar-refractivity contribution is -0.123. The van der Waals surface area contributed by atoms with E-state index in [4.69, 9.17) is 0 Å². The summed E-state index contributed by atoms with van der Waals surface area (Å²) in [6.07, 6.45) is 0. The number of piperazine rings is 1. The standard InChI is InChI=1S/C13H15N5O3/c1-7-5-8(10-11(15-7)17(2)16-12(10)20)13(21)18-4-3-14-9(19)6-18/h5H,3-4,6H2,1-2H3,(H,14,19)(H,16,20). The lowest BCUT2D eigenvalue weighted by Crippen LogP contribution is -2.50. The van der Waals surface area contributed by atoms with Crippen LogP contribution >= 0.6 is 0 Å². The number of nitrogens with zero attached hydrogens (tertiary/aromatic N) is 3. The zero-order valence-corrected chi connectivity index (χ0v) is 11.8. The van der Waals surface area contributed by atoms with Gasteiger partial charge in [-0.1, -0.05) is 0 Å². The Hall–Kier alpha value is -2.64. The van der Waals surface area contributed by atoms with Crippen LogP contribution in [-0.4, -0.2) is 51.1 Å². The molecule has 0 spiro atoms. The SMILES string of the molecule is Cc1cc(C(=O)N2CCNC(=O)C2)c2c(=O)[nH]n(C)c2n1. The Kier molecular flexibility index (Phi) is 3.00. The van der Waals surface area contributed by atoms with Crippen molar-refractivity contribution < 1.29 is 9.59 Å². The van der Waals surface area contributed by atoms with E-state index in [2.05, 4.69) is 15.4 Å². The molecule has 2 aromatic heterocycles. The molecule has 1 aliphatic heterocycles. The second-order valence-electron chi connectivity index (χ2n) is 5.09. The van der Waals surface area contributed by atoms with Crippen LogP contribution in [0.1, 0.15) is 16.1 Å². The van der Waals surface area contributed by atoms with Gasteiger partial charge in [-0.2, -0.15) is 0 Å². The number of carbonyl (C=O) groups excluding carboxylic acids is 2. The number of rotatable bonds is 1. The monoisotopic (exact) mass is 289 g/mol. The molecule has 2 N–H and O–H groups in total. The Labute approximate surface area is 119 Å². The van der Waals surface area contributed by atoms with E-state index in [1.807, 2.05) is 0 Å². The minimum Gasteiger partial charge on any atom is -0.353 e. The van der Waals surface area contributed by atoms with Crippen LogP contribution in [0.5, 0.6) is 0 Å². The Morgan fingerprint density at radius 1 is 1.38 bits per heavy atom. The molecule has 21 heavy (non-hydrogen) atoms. The first kappa shape index (κ1) is 13.3. The zero-order chi connectivity index (χ0) is 15.1. The minimum absolute atomic E-state index is 0.00638. The van der Waals surface area contributed by atoms with Gasteiger partial charge < -0.3 is 10.2 Å². The first-order chi connectivity index (χ1) is 9.97. The van der Waals surface area contributed by atoms with Crippen molar-refractivity contribution in [2.75, 3.05) is 19.6 Å². The molecule has 0 aliphatic carbocycles. The third-order valence-electron chi connectivity index (χ3n) is 3.50. The fourth-order valence-electron chi connectivity index (χ4n) is 2.54. The number of aromatic nitrogens is 3. The normalized spacial score (nSPS) is 15.3. The quantitative estimate of drug-likeness (QED) is 0.713. The predicted octanol–water partition coefficient (Wildman–Crippen LogP) is -0.858. The number of hydrogen-bond donors (Lipinski definition) is 2. The van der Waals surface area contributed by atoms with Crippen molar-refractivity contribution in [2.45, 2.75) is 6.92 Å². The van der Waals surface area contributed by atoms with E-state index in [1.54, 1.807) is 20.0 Å². The number of amides is 2. The molecular weight excluding hydrogens is 274 g/mol. The Bertz CT molecular complexity index is 804. The van der Waals surface area contributed by atoms with Gasteiger partial charge in [-0.15, -0.1) is 0 Å². The molecule has 2 aromatic rings. The van der Waals surface area contributed by atoms with Crippen molar-refractivity contribution in [2.24, 2.45) is 7.05 Å². The van der Waals surface area contributed by atoms with E-state index < -0.39 is 0 Å². The molecule has 0 unspecified atom stereocenters. The van der Waals surface area contributed by atoms with E-state index >= 15 is 0 Å². The van der Waals surface area contributed by atoms with Crippen LogP contribution in [0.3, 0.4) is 0 Å². The van der Waals surface area contributed by atoms with Gasteiger partial charge in [-0.3, -0.25) is 24.2 Å². The van der Waals surface area contributed by atoms with Crippen molar-refractivity contribution in [3.8, 4) is 0 Å². The fraction of sp³-hybridized carbons (Fsp3) is 0.385. The van der Waals surface area contributed by atoms with Gasteiger partial charge in [0.15, 0.2) is 5.65 Å². The first-order valence-electron chi connectivity index (χ1n) is 6.59. The molecule has 0 aromatic carbocycles. The molecule has 2 amide bonds. The first-order valence-corrected chi connectivity index (χ1v) is 6.59. The van der Waals surface area contributed by atoms with Gasteiger partial charge in [0.1, 0.15) is 0 Å². The number of aromatic amines is 1. The van der Waals surface area contributed by atoms with Crippen molar-refractivity contribution in [1.82, 2.24) is 25.0 Å². The predicted molar refractivity (Wildman–Crippen MR) is 75.0 cm³/mol. The smallest absolute Gasteiger partial charge is 0.274 e. The second kappa shape index (κ2) is 4.72. The number of H-pyrrole nitrogens is 1. The van der Waals surface area contributed by atoms with Crippen molar-refractivity contribution in [3.63, 3.8) is 0 Å². The van der Waals surface area contributed by atoms with E-state index in [-0.39, 0.29) is 34.9 Å². The summed E-state index contributed by atoms with van der Waals surface area (Å²) in [7, 11) is 1.67. The van der Waals surface area contributed by atoms with Gasteiger partial charge in [0.25, 0.3) is 11.5 Å². The summed E-state index contributed by atoms with van der Waals surface area (Å²) in [4.78, 5) is 41.8. The highest BCUT2D eigenvalue weighted by atomic mass is 16.2. The second-order valence-corrected chi connectivity index (χ2v) is 5.09. The molecule has 0 saturated carbocycles. The van der Waals surface area contributed by atoms with Crippen LogP contribution in [0.15, 0.2) is 10.9 Å². The largest absolute Gasteiger partial charge is 0.353 e. The summed E-state index contributed by atoms with van der Waals surface area (Å²) in [6, 6.07) is 1.59.